The van der Waals surface area contributed by atoms with Gasteiger partial charge in [0.1, 0.15) is 11.6 Å². The topological polar surface area (TPSA) is 98.8 Å². The third-order valence-electron chi connectivity index (χ3n) is 3.10. The van der Waals surface area contributed by atoms with Crippen molar-refractivity contribution in [3.05, 3.63) is 30.2 Å². The summed E-state index contributed by atoms with van der Waals surface area (Å²) in [6.07, 6.45) is 2.92. The second kappa shape index (κ2) is 4.03. The summed E-state index contributed by atoms with van der Waals surface area (Å²) in [5, 5.41) is 10.3. The van der Waals surface area contributed by atoms with Crippen LogP contribution in [0.2, 0.25) is 0 Å². The first-order valence-corrected chi connectivity index (χ1v) is 5.57. The van der Waals surface area contributed by atoms with E-state index in [0.717, 1.165) is 0 Å². The van der Waals surface area contributed by atoms with Gasteiger partial charge in [0.2, 0.25) is 0 Å². The van der Waals surface area contributed by atoms with Crippen molar-refractivity contribution in [1.82, 2.24) is 0 Å². The van der Waals surface area contributed by atoms with Gasteiger partial charge in [-0.05, 0) is 12.1 Å². The van der Waals surface area contributed by atoms with Crippen LogP contribution in [0, 0.1) is 0 Å². The molecule has 6 heteroatoms. The lowest BCUT2D eigenvalue weighted by Gasteiger charge is -2.11. The Morgan fingerprint density at radius 2 is 1.89 bits per heavy atom. The summed E-state index contributed by atoms with van der Waals surface area (Å²) in [6.45, 7) is 0. The maximum Gasteiger partial charge on any atom is 0.325 e. The van der Waals surface area contributed by atoms with E-state index < -0.39 is 12.0 Å². The monoisotopic (exact) mass is 261 g/mol. The molecule has 0 spiro atoms. The largest absolute Gasteiger partial charge is 0.492 e. The van der Waals surface area contributed by atoms with Crippen molar-refractivity contribution < 1.29 is 23.5 Å². The summed E-state index contributed by atoms with van der Waals surface area (Å²) >= 11 is 0. The molecule has 3 aromatic rings. The number of ether oxygens (including phenoxy) is 1. The van der Waals surface area contributed by atoms with E-state index in [2.05, 4.69) is 0 Å². The quantitative estimate of drug-likeness (QED) is 0.750. The number of benzene rings is 1. The molecule has 3 N–H and O–H groups in total. The van der Waals surface area contributed by atoms with E-state index in [1.165, 1.54) is 19.6 Å². The van der Waals surface area contributed by atoms with Gasteiger partial charge in [0.25, 0.3) is 0 Å². The molecule has 1 atom stereocenters. The van der Waals surface area contributed by atoms with Gasteiger partial charge >= 0.3 is 5.97 Å². The maximum absolute atomic E-state index is 11.2. The Balaban J connectivity index is 2.49. The molecular formula is C13H11NO5. The molecule has 1 unspecified atom stereocenters. The lowest BCUT2D eigenvalue weighted by molar-refractivity contribution is -0.138. The molecule has 0 saturated carbocycles. The van der Waals surface area contributed by atoms with E-state index in [-0.39, 0.29) is 0 Å². The first-order chi connectivity index (χ1) is 9.15. The van der Waals surface area contributed by atoms with Crippen LogP contribution in [0.1, 0.15) is 11.6 Å². The highest BCUT2D eigenvalue weighted by molar-refractivity contribution is 6.06. The first-order valence-electron chi connectivity index (χ1n) is 5.57. The van der Waals surface area contributed by atoms with Crippen molar-refractivity contribution in [1.29, 1.82) is 0 Å². The third-order valence-corrected chi connectivity index (χ3v) is 3.10. The van der Waals surface area contributed by atoms with Crippen LogP contribution in [0.4, 0.5) is 0 Å². The molecule has 2 aromatic heterocycles. The van der Waals surface area contributed by atoms with E-state index in [1.807, 2.05) is 0 Å². The number of carboxylic acid groups (broad SMARTS) is 1. The molecule has 0 aliphatic carbocycles. The van der Waals surface area contributed by atoms with Crippen LogP contribution in [-0.4, -0.2) is 18.2 Å². The molecule has 0 bridgehead atoms. The molecule has 2 heterocycles. The molecule has 0 saturated heterocycles. The first kappa shape index (κ1) is 11.6. The Bertz CT molecular complexity index is 718. The zero-order chi connectivity index (χ0) is 13.6. The molecule has 0 fully saturated rings. The number of methoxy groups -OCH3 is 1. The highest BCUT2D eigenvalue weighted by Gasteiger charge is 2.26. The number of carboxylic acids is 1. The molecular weight excluding hydrogens is 250 g/mol. The Morgan fingerprint density at radius 3 is 2.53 bits per heavy atom. The van der Waals surface area contributed by atoms with Gasteiger partial charge in [-0.25, -0.2) is 0 Å². The second-order valence-electron chi connectivity index (χ2n) is 4.09. The molecule has 0 amide bonds. The summed E-state index contributed by atoms with van der Waals surface area (Å²) in [4.78, 5) is 11.2. The van der Waals surface area contributed by atoms with E-state index >= 15 is 0 Å². The van der Waals surface area contributed by atoms with Crippen LogP contribution >= 0.6 is 0 Å². The average molecular weight is 261 g/mol. The zero-order valence-electron chi connectivity index (χ0n) is 10.0. The van der Waals surface area contributed by atoms with Crippen LogP contribution in [0.3, 0.4) is 0 Å². The number of carbonyl (C=O) groups is 1. The lowest BCUT2D eigenvalue weighted by Crippen LogP contribution is -2.21. The fourth-order valence-electron chi connectivity index (χ4n) is 2.27. The van der Waals surface area contributed by atoms with Gasteiger partial charge in [-0.15, -0.1) is 0 Å². The predicted molar refractivity (Wildman–Crippen MR) is 67.1 cm³/mol. The SMILES string of the molecule is COc1c2ccoc2c(C(N)C(=O)O)c2ccoc12. The zero-order valence-corrected chi connectivity index (χ0v) is 10.0. The molecule has 1 aromatic carbocycles. The summed E-state index contributed by atoms with van der Waals surface area (Å²) in [6, 6.07) is 2.14. The Kier molecular flexibility index (Phi) is 2.46. The van der Waals surface area contributed by atoms with Crippen molar-refractivity contribution >= 4 is 27.9 Å². The fourth-order valence-corrected chi connectivity index (χ4v) is 2.27. The standard InChI is InChI=1S/C13H11NO5/c1-17-11-7-3-5-18-10(7)8(9(14)13(15)16)6-2-4-19-12(6)11/h2-5,9H,14H2,1H3,(H,15,16). The molecule has 0 aliphatic rings. The van der Waals surface area contributed by atoms with Crippen LogP contribution in [0.25, 0.3) is 21.9 Å². The van der Waals surface area contributed by atoms with Crippen molar-refractivity contribution in [3.63, 3.8) is 0 Å². The highest BCUT2D eigenvalue weighted by Crippen LogP contribution is 2.41. The summed E-state index contributed by atoms with van der Waals surface area (Å²) in [5.41, 5.74) is 6.99. The fraction of sp³-hybridized carbons (Fsp3) is 0.154. The van der Waals surface area contributed by atoms with Gasteiger partial charge in [0, 0.05) is 10.9 Å². The summed E-state index contributed by atoms with van der Waals surface area (Å²) < 4.78 is 16.1. The molecule has 19 heavy (non-hydrogen) atoms. The summed E-state index contributed by atoms with van der Waals surface area (Å²) in [7, 11) is 1.51. The molecule has 3 rings (SSSR count). The van der Waals surface area contributed by atoms with Gasteiger partial charge in [-0.1, -0.05) is 0 Å². The van der Waals surface area contributed by atoms with Gasteiger partial charge in [-0.2, -0.15) is 0 Å². The minimum atomic E-state index is -1.19. The Morgan fingerprint density at radius 1 is 1.26 bits per heavy atom. The lowest BCUT2D eigenvalue weighted by atomic mass is 10.00. The van der Waals surface area contributed by atoms with Crippen LogP contribution in [0.15, 0.2) is 33.5 Å². The smallest absolute Gasteiger partial charge is 0.325 e. The normalized spacial score (nSPS) is 12.9. The second-order valence-corrected chi connectivity index (χ2v) is 4.09. The Labute approximate surface area is 107 Å². The van der Waals surface area contributed by atoms with E-state index in [0.29, 0.717) is 33.3 Å². The molecule has 0 aliphatic heterocycles. The van der Waals surface area contributed by atoms with Crippen molar-refractivity contribution in [2.45, 2.75) is 6.04 Å². The predicted octanol–water partition coefficient (Wildman–Crippen LogP) is 2.27. The molecule has 0 radical (unpaired) electrons. The third kappa shape index (κ3) is 1.50. The minimum absolute atomic E-state index is 0.386. The van der Waals surface area contributed by atoms with Crippen LogP contribution < -0.4 is 10.5 Å². The average Bonchev–Trinajstić information content (AvgIpc) is 3.02. The number of rotatable bonds is 3. The van der Waals surface area contributed by atoms with Crippen molar-refractivity contribution in [2.24, 2.45) is 5.73 Å². The van der Waals surface area contributed by atoms with Gasteiger partial charge in [0.15, 0.2) is 11.3 Å². The maximum atomic E-state index is 11.2. The van der Waals surface area contributed by atoms with Crippen LogP contribution in [0.5, 0.6) is 5.75 Å². The minimum Gasteiger partial charge on any atom is -0.492 e. The number of nitrogens with two attached hydrogens (primary N) is 1. The van der Waals surface area contributed by atoms with Gasteiger partial charge in [-0.3, -0.25) is 4.79 Å². The highest BCUT2D eigenvalue weighted by atomic mass is 16.5. The van der Waals surface area contributed by atoms with Crippen molar-refractivity contribution in [3.8, 4) is 5.75 Å². The van der Waals surface area contributed by atoms with Crippen LogP contribution in [-0.2, 0) is 4.79 Å². The summed E-state index contributed by atoms with van der Waals surface area (Å²) in [5.74, 6) is -0.629. The number of hydrogen-bond acceptors (Lipinski definition) is 5. The Hall–Kier alpha value is -2.47. The number of aliphatic carboxylic acids is 1. The number of furan rings is 2. The number of fused-ring (bicyclic) bond motifs is 2. The van der Waals surface area contributed by atoms with E-state index in [9.17, 15) is 4.79 Å². The van der Waals surface area contributed by atoms with Gasteiger partial charge < -0.3 is 24.4 Å². The molecule has 98 valence electrons. The molecule has 6 nitrogen and oxygen atoms in total. The van der Waals surface area contributed by atoms with Crippen molar-refractivity contribution in [2.75, 3.05) is 7.11 Å². The van der Waals surface area contributed by atoms with Gasteiger partial charge in [0.05, 0.1) is 25.0 Å². The van der Waals surface area contributed by atoms with E-state index in [1.54, 1.807) is 12.1 Å². The van der Waals surface area contributed by atoms with E-state index in [4.69, 9.17) is 24.4 Å². The number of hydrogen-bond donors (Lipinski definition) is 2.